The van der Waals surface area contributed by atoms with Crippen LogP contribution in [0.1, 0.15) is 18.1 Å². The normalized spacial score (nSPS) is 12.0. The lowest BCUT2D eigenvalue weighted by Gasteiger charge is -2.16. The molecule has 3 aromatic carbocycles. The van der Waals surface area contributed by atoms with Gasteiger partial charge in [-0.05, 0) is 92.6 Å². The third-order valence-electron chi connectivity index (χ3n) is 4.93. The molecule has 0 heterocycles. The van der Waals surface area contributed by atoms with Crippen LogP contribution < -0.4 is 19.5 Å². The summed E-state index contributed by atoms with van der Waals surface area (Å²) < 4.78 is 38.5. The van der Waals surface area contributed by atoms with E-state index in [1.807, 2.05) is 32.0 Å². The molecule has 8 heteroatoms. The molecule has 1 atom stereocenters. The molecule has 3 rings (SSSR count). The molecule has 0 aliphatic carbocycles. The predicted molar refractivity (Wildman–Crippen MR) is 125 cm³/mol. The molecule has 0 unspecified atom stereocenters. The van der Waals surface area contributed by atoms with Gasteiger partial charge in [0.1, 0.15) is 11.5 Å². The number of sulfonamides is 1. The first kappa shape index (κ1) is 23.1. The molecule has 0 spiro atoms. The molecule has 0 aliphatic heterocycles. The highest BCUT2D eigenvalue weighted by molar-refractivity contribution is 7.92. The molecule has 0 aromatic heterocycles. The number of carbonyl (C=O) groups excluding carboxylic acids is 1. The summed E-state index contributed by atoms with van der Waals surface area (Å²) in [6.07, 6.45) is -0.725. The summed E-state index contributed by atoms with van der Waals surface area (Å²) in [6.45, 7) is 5.64. The van der Waals surface area contributed by atoms with Gasteiger partial charge >= 0.3 is 0 Å². The number of carbonyl (C=O) groups is 1. The minimum atomic E-state index is -3.77. The van der Waals surface area contributed by atoms with Gasteiger partial charge in [-0.25, -0.2) is 8.42 Å². The van der Waals surface area contributed by atoms with Crippen molar-refractivity contribution >= 4 is 27.3 Å². The summed E-state index contributed by atoms with van der Waals surface area (Å²) in [7, 11) is -2.23. The van der Waals surface area contributed by atoms with Crippen molar-refractivity contribution < 1.29 is 22.7 Å². The second-order valence-corrected chi connectivity index (χ2v) is 9.04. The third kappa shape index (κ3) is 5.79. The average molecular weight is 455 g/mol. The maximum absolute atomic E-state index is 12.6. The fraction of sp³-hybridized carbons (Fsp3) is 0.208. The lowest BCUT2D eigenvalue weighted by Crippen LogP contribution is -2.30. The Morgan fingerprint density at radius 1 is 0.844 bits per heavy atom. The van der Waals surface area contributed by atoms with Crippen molar-refractivity contribution in [2.45, 2.75) is 31.8 Å². The predicted octanol–water partition coefficient (Wildman–Crippen LogP) is 4.52. The fourth-order valence-corrected chi connectivity index (χ4v) is 3.94. The van der Waals surface area contributed by atoms with Crippen molar-refractivity contribution in [1.29, 1.82) is 0 Å². The molecule has 0 aliphatic rings. The number of rotatable bonds is 8. The first-order valence-corrected chi connectivity index (χ1v) is 11.5. The first-order valence-electron chi connectivity index (χ1n) is 9.99. The van der Waals surface area contributed by atoms with Crippen LogP contribution in [0.15, 0.2) is 71.6 Å². The van der Waals surface area contributed by atoms with Crippen LogP contribution in [0.3, 0.4) is 0 Å². The molecule has 168 valence electrons. The van der Waals surface area contributed by atoms with Crippen molar-refractivity contribution in [3.05, 3.63) is 77.9 Å². The van der Waals surface area contributed by atoms with Crippen LogP contribution in [0.2, 0.25) is 0 Å². The number of ether oxygens (including phenoxy) is 2. The molecule has 7 nitrogen and oxygen atoms in total. The lowest BCUT2D eigenvalue weighted by atomic mass is 10.1. The summed E-state index contributed by atoms with van der Waals surface area (Å²) in [4.78, 5) is 12.5. The SMILES string of the molecule is COc1ccc(NS(=O)(=O)c2ccc(NC(=O)[C@H](C)Oc3ccc(C)c(C)c3)cc2)cc1. The summed E-state index contributed by atoms with van der Waals surface area (Å²) >= 11 is 0. The van der Waals surface area contributed by atoms with Gasteiger partial charge in [-0.1, -0.05) is 6.07 Å². The van der Waals surface area contributed by atoms with E-state index in [1.54, 1.807) is 31.2 Å². The van der Waals surface area contributed by atoms with Gasteiger partial charge in [0.15, 0.2) is 6.10 Å². The Balaban J connectivity index is 1.62. The molecule has 1 amide bonds. The zero-order valence-electron chi connectivity index (χ0n) is 18.4. The Labute approximate surface area is 188 Å². The summed E-state index contributed by atoms with van der Waals surface area (Å²) in [5.41, 5.74) is 3.11. The number of hydrogen-bond acceptors (Lipinski definition) is 5. The highest BCUT2D eigenvalue weighted by Crippen LogP contribution is 2.21. The van der Waals surface area contributed by atoms with Gasteiger partial charge in [0.25, 0.3) is 15.9 Å². The second-order valence-electron chi connectivity index (χ2n) is 7.35. The van der Waals surface area contributed by atoms with Gasteiger partial charge in [0.2, 0.25) is 0 Å². The largest absolute Gasteiger partial charge is 0.497 e. The minimum absolute atomic E-state index is 0.0748. The maximum atomic E-state index is 12.6. The quantitative estimate of drug-likeness (QED) is 0.522. The molecular weight excluding hydrogens is 428 g/mol. The molecule has 32 heavy (non-hydrogen) atoms. The Hall–Kier alpha value is -3.52. The fourth-order valence-electron chi connectivity index (χ4n) is 2.88. The molecular formula is C24H26N2O5S. The number of hydrogen-bond donors (Lipinski definition) is 2. The second kappa shape index (κ2) is 9.74. The van der Waals surface area contributed by atoms with Crippen LogP contribution in [-0.2, 0) is 14.8 Å². The number of methoxy groups -OCH3 is 1. The van der Waals surface area contributed by atoms with Crippen molar-refractivity contribution in [2.24, 2.45) is 0 Å². The average Bonchev–Trinajstić information content (AvgIpc) is 2.77. The van der Waals surface area contributed by atoms with E-state index in [0.717, 1.165) is 11.1 Å². The zero-order valence-corrected chi connectivity index (χ0v) is 19.2. The van der Waals surface area contributed by atoms with Crippen LogP contribution in [0, 0.1) is 13.8 Å². The Morgan fingerprint density at radius 2 is 1.44 bits per heavy atom. The van der Waals surface area contributed by atoms with Crippen LogP contribution in [-0.4, -0.2) is 27.5 Å². The highest BCUT2D eigenvalue weighted by atomic mass is 32.2. The van der Waals surface area contributed by atoms with Crippen LogP contribution >= 0.6 is 0 Å². The third-order valence-corrected chi connectivity index (χ3v) is 6.33. The zero-order chi connectivity index (χ0) is 23.3. The smallest absolute Gasteiger partial charge is 0.265 e. The van der Waals surface area contributed by atoms with E-state index in [2.05, 4.69) is 10.0 Å². The monoisotopic (exact) mass is 454 g/mol. The summed E-state index contributed by atoms with van der Waals surface area (Å²) in [5, 5.41) is 2.74. The van der Waals surface area contributed by atoms with Crippen molar-refractivity contribution in [3.63, 3.8) is 0 Å². The number of anilines is 2. The lowest BCUT2D eigenvalue weighted by molar-refractivity contribution is -0.122. The topological polar surface area (TPSA) is 93.7 Å². The van der Waals surface area contributed by atoms with Gasteiger partial charge in [0, 0.05) is 11.4 Å². The van der Waals surface area contributed by atoms with Crippen LogP contribution in [0.4, 0.5) is 11.4 Å². The number of benzene rings is 3. The molecule has 0 fully saturated rings. The molecule has 0 saturated carbocycles. The van der Waals surface area contributed by atoms with E-state index < -0.39 is 16.1 Å². The van der Waals surface area contributed by atoms with Gasteiger partial charge in [-0.15, -0.1) is 0 Å². The van der Waals surface area contributed by atoms with Gasteiger partial charge in [-0.2, -0.15) is 0 Å². The van der Waals surface area contributed by atoms with Crippen molar-refractivity contribution in [1.82, 2.24) is 0 Å². The van der Waals surface area contributed by atoms with Crippen LogP contribution in [0.5, 0.6) is 11.5 Å². The van der Waals surface area contributed by atoms with Crippen LogP contribution in [0.25, 0.3) is 0 Å². The Kier molecular flexibility index (Phi) is 7.05. The van der Waals surface area contributed by atoms with E-state index in [9.17, 15) is 13.2 Å². The molecule has 0 saturated heterocycles. The van der Waals surface area contributed by atoms with E-state index in [-0.39, 0.29) is 10.8 Å². The standard InChI is InChI=1S/C24H26N2O5S/c1-16-5-10-22(15-17(16)2)31-18(3)24(27)25-19-8-13-23(14-9-19)32(28,29)26-20-6-11-21(30-4)12-7-20/h5-15,18,26H,1-4H3,(H,25,27)/t18-/m0/s1. The minimum Gasteiger partial charge on any atom is -0.497 e. The molecule has 0 radical (unpaired) electrons. The van der Waals surface area contributed by atoms with Crippen molar-refractivity contribution in [2.75, 3.05) is 17.1 Å². The van der Waals surface area contributed by atoms with Gasteiger partial charge in [-0.3, -0.25) is 9.52 Å². The van der Waals surface area contributed by atoms with E-state index in [4.69, 9.17) is 9.47 Å². The molecule has 3 aromatic rings. The summed E-state index contributed by atoms with van der Waals surface area (Å²) in [5.74, 6) is 0.903. The number of aryl methyl sites for hydroxylation is 2. The van der Waals surface area contributed by atoms with E-state index in [1.165, 1.54) is 31.4 Å². The molecule has 2 N–H and O–H groups in total. The Bertz CT molecular complexity index is 1190. The maximum Gasteiger partial charge on any atom is 0.265 e. The molecule has 0 bridgehead atoms. The first-order chi connectivity index (χ1) is 15.2. The van der Waals surface area contributed by atoms with Gasteiger partial charge < -0.3 is 14.8 Å². The Morgan fingerprint density at radius 3 is 2.03 bits per heavy atom. The highest BCUT2D eigenvalue weighted by Gasteiger charge is 2.17. The van der Waals surface area contributed by atoms with E-state index in [0.29, 0.717) is 22.9 Å². The van der Waals surface area contributed by atoms with E-state index >= 15 is 0 Å². The number of nitrogens with one attached hydrogen (secondary N) is 2. The van der Waals surface area contributed by atoms with Gasteiger partial charge in [0.05, 0.1) is 12.0 Å². The number of amides is 1. The van der Waals surface area contributed by atoms with Crippen molar-refractivity contribution in [3.8, 4) is 11.5 Å². The summed E-state index contributed by atoms with van der Waals surface area (Å²) in [6, 6.07) is 18.1.